The van der Waals surface area contributed by atoms with Crippen molar-refractivity contribution in [3.63, 3.8) is 0 Å². The summed E-state index contributed by atoms with van der Waals surface area (Å²) in [7, 11) is 1.28. The summed E-state index contributed by atoms with van der Waals surface area (Å²) >= 11 is 12.2. The number of thioether (sulfide) groups is 1. The minimum atomic E-state index is -0.728. The van der Waals surface area contributed by atoms with Gasteiger partial charge in [-0.25, -0.2) is 0 Å². The van der Waals surface area contributed by atoms with E-state index < -0.39 is 16.4 Å². The van der Waals surface area contributed by atoms with Gasteiger partial charge in [-0.2, -0.15) is 0 Å². The first-order valence-electron chi connectivity index (χ1n) is 7.40. The number of rotatable bonds is 4. The molecule has 3 rings (SSSR count). The molecule has 0 saturated carbocycles. The summed E-state index contributed by atoms with van der Waals surface area (Å²) in [5.74, 6) is -1.00. The van der Waals surface area contributed by atoms with E-state index in [1.54, 1.807) is 24.3 Å². The van der Waals surface area contributed by atoms with Crippen molar-refractivity contribution in [2.24, 2.45) is 0 Å². The van der Waals surface area contributed by atoms with Crippen molar-refractivity contribution in [1.82, 2.24) is 0 Å². The Morgan fingerprint density at radius 1 is 1.33 bits per heavy atom. The van der Waals surface area contributed by atoms with Crippen molar-refractivity contribution in [2.75, 3.05) is 12.0 Å². The van der Waals surface area contributed by atoms with E-state index in [1.165, 1.54) is 24.2 Å². The molecule has 7 nitrogen and oxygen atoms in total. The maximum Gasteiger partial charge on any atom is 0.315 e. The van der Waals surface area contributed by atoms with Crippen LogP contribution in [0.2, 0.25) is 5.02 Å². The predicted octanol–water partition coefficient (Wildman–Crippen LogP) is 4.37. The van der Waals surface area contributed by atoms with Gasteiger partial charge < -0.3 is 9.84 Å². The third kappa shape index (κ3) is 3.75. The molecule has 1 N–H and O–H groups in total. The number of hydrogen-bond acceptors (Lipinski definition) is 7. The normalized spacial score (nSPS) is 15.5. The second-order valence-corrected chi connectivity index (χ2v) is 7.45. The van der Waals surface area contributed by atoms with E-state index in [0.717, 1.165) is 17.8 Å². The summed E-state index contributed by atoms with van der Waals surface area (Å²) in [5, 5.41) is 21.5. The van der Waals surface area contributed by atoms with Gasteiger partial charge in [0.2, 0.25) is 5.75 Å². The summed E-state index contributed by atoms with van der Waals surface area (Å²) in [6, 6.07) is 9.19. The van der Waals surface area contributed by atoms with Crippen molar-refractivity contribution < 1.29 is 19.6 Å². The minimum Gasteiger partial charge on any atom is -0.500 e. The maximum atomic E-state index is 12.7. The SMILES string of the molecule is COc1cc(C=C2SC(=S)N(c3ccc(Cl)cc3)C2=O)cc([N+](=O)[O-])c1O. The first-order valence-corrected chi connectivity index (χ1v) is 9.01. The van der Waals surface area contributed by atoms with E-state index in [2.05, 4.69) is 0 Å². The van der Waals surface area contributed by atoms with Crippen LogP contribution in [0.3, 0.4) is 0 Å². The fraction of sp³-hybridized carbons (Fsp3) is 0.0588. The lowest BCUT2D eigenvalue weighted by Crippen LogP contribution is -2.27. The molecule has 1 aliphatic rings. The fourth-order valence-corrected chi connectivity index (χ4v) is 3.85. The van der Waals surface area contributed by atoms with Crippen molar-refractivity contribution in [1.29, 1.82) is 0 Å². The van der Waals surface area contributed by atoms with Gasteiger partial charge in [-0.05, 0) is 42.0 Å². The molecular weight excluding hydrogens is 412 g/mol. The Bertz CT molecular complexity index is 992. The first kappa shape index (κ1) is 19.2. The summed E-state index contributed by atoms with van der Waals surface area (Å²) in [6.07, 6.45) is 1.46. The van der Waals surface area contributed by atoms with Gasteiger partial charge in [0.15, 0.2) is 10.1 Å². The van der Waals surface area contributed by atoms with Crippen LogP contribution in [0.4, 0.5) is 11.4 Å². The number of methoxy groups -OCH3 is 1. The van der Waals surface area contributed by atoms with Crippen molar-refractivity contribution >= 4 is 63.3 Å². The van der Waals surface area contributed by atoms with Crippen molar-refractivity contribution in [2.45, 2.75) is 0 Å². The molecule has 1 aliphatic heterocycles. The molecule has 2 aromatic rings. The van der Waals surface area contributed by atoms with Crippen LogP contribution in [0.25, 0.3) is 6.08 Å². The number of amides is 1. The average molecular weight is 423 g/mol. The summed E-state index contributed by atoms with van der Waals surface area (Å²) in [5.41, 5.74) is 0.376. The zero-order valence-corrected chi connectivity index (χ0v) is 16.1. The lowest BCUT2D eigenvalue weighted by molar-refractivity contribution is -0.386. The molecule has 138 valence electrons. The molecule has 0 aromatic heterocycles. The lowest BCUT2D eigenvalue weighted by Gasteiger charge is -2.14. The molecule has 0 unspecified atom stereocenters. The van der Waals surface area contributed by atoms with Crippen molar-refractivity contribution in [3.05, 3.63) is 62.0 Å². The van der Waals surface area contributed by atoms with Crippen LogP contribution >= 0.6 is 35.6 Å². The lowest BCUT2D eigenvalue weighted by atomic mass is 10.1. The molecule has 0 spiro atoms. The molecule has 2 aromatic carbocycles. The highest BCUT2D eigenvalue weighted by Crippen LogP contribution is 2.40. The molecule has 27 heavy (non-hydrogen) atoms. The van der Waals surface area contributed by atoms with Gasteiger partial charge in [-0.3, -0.25) is 19.8 Å². The third-order valence-corrected chi connectivity index (χ3v) is 5.22. The number of phenolic OH excluding ortho intramolecular Hbond substituents is 1. The van der Waals surface area contributed by atoms with Crippen LogP contribution in [0.5, 0.6) is 11.5 Å². The van der Waals surface area contributed by atoms with Crippen molar-refractivity contribution in [3.8, 4) is 11.5 Å². The largest absolute Gasteiger partial charge is 0.500 e. The van der Waals surface area contributed by atoms with Gasteiger partial charge in [-0.15, -0.1) is 0 Å². The first-order chi connectivity index (χ1) is 12.8. The number of aromatic hydroxyl groups is 1. The number of ether oxygens (including phenoxy) is 1. The molecule has 0 radical (unpaired) electrons. The Hall–Kier alpha value is -2.62. The Kier molecular flexibility index (Phi) is 5.36. The Labute approximate surface area is 168 Å². The van der Waals surface area contributed by atoms with E-state index >= 15 is 0 Å². The molecule has 0 bridgehead atoms. The molecule has 1 fully saturated rings. The van der Waals surface area contributed by atoms with Crippen LogP contribution in [-0.2, 0) is 4.79 Å². The maximum absolute atomic E-state index is 12.7. The number of nitro benzene ring substituents is 1. The van der Waals surface area contributed by atoms with Gasteiger partial charge in [0, 0.05) is 11.1 Å². The Morgan fingerprint density at radius 3 is 2.59 bits per heavy atom. The predicted molar refractivity (Wildman–Crippen MR) is 108 cm³/mol. The summed E-state index contributed by atoms with van der Waals surface area (Å²) < 4.78 is 5.29. The number of thiocarbonyl (C=S) groups is 1. The molecule has 0 aliphatic carbocycles. The highest BCUT2D eigenvalue weighted by molar-refractivity contribution is 8.27. The van der Waals surface area contributed by atoms with E-state index in [9.17, 15) is 20.0 Å². The van der Waals surface area contributed by atoms with Gasteiger partial charge in [0.25, 0.3) is 5.91 Å². The smallest absolute Gasteiger partial charge is 0.315 e. The highest BCUT2D eigenvalue weighted by Gasteiger charge is 2.33. The zero-order valence-electron chi connectivity index (χ0n) is 13.7. The molecular formula is C17H11ClN2O5S2. The molecule has 0 atom stereocenters. The Balaban J connectivity index is 2.00. The van der Waals surface area contributed by atoms with E-state index in [4.69, 9.17) is 28.6 Å². The topological polar surface area (TPSA) is 92.9 Å². The van der Waals surface area contributed by atoms with Crippen LogP contribution in [0.15, 0.2) is 41.3 Å². The third-order valence-electron chi connectivity index (χ3n) is 3.67. The standard InChI is InChI=1S/C17H11ClN2O5S2/c1-25-13-7-9(6-12(15(13)21)20(23)24)8-14-16(22)19(17(26)27-14)11-4-2-10(18)3-5-11/h2-8,21H,1H3. The number of phenols is 1. The minimum absolute atomic E-state index is 0.0661. The van der Waals surface area contributed by atoms with Crippen LogP contribution in [0, 0.1) is 10.1 Å². The monoisotopic (exact) mass is 422 g/mol. The average Bonchev–Trinajstić information content (AvgIpc) is 2.90. The van der Waals surface area contributed by atoms with Gasteiger partial charge in [0.1, 0.15) is 0 Å². The Morgan fingerprint density at radius 2 is 2.00 bits per heavy atom. The van der Waals surface area contributed by atoms with E-state index in [0.29, 0.717) is 20.6 Å². The summed E-state index contributed by atoms with van der Waals surface area (Å²) in [4.78, 5) is 24.8. The van der Waals surface area contributed by atoms with E-state index in [1.807, 2.05) is 0 Å². The molecule has 1 heterocycles. The van der Waals surface area contributed by atoms with Gasteiger partial charge >= 0.3 is 5.69 Å². The quantitative estimate of drug-likeness (QED) is 0.338. The van der Waals surface area contributed by atoms with Crippen LogP contribution in [-0.4, -0.2) is 27.4 Å². The number of nitrogens with zero attached hydrogens (tertiary/aromatic N) is 2. The number of nitro groups is 1. The fourth-order valence-electron chi connectivity index (χ4n) is 2.42. The molecule has 1 amide bonds. The second-order valence-electron chi connectivity index (χ2n) is 5.34. The number of halogens is 1. The zero-order chi connectivity index (χ0) is 19.7. The number of hydrogen-bond donors (Lipinski definition) is 1. The summed E-state index contributed by atoms with van der Waals surface area (Å²) in [6.45, 7) is 0. The van der Waals surface area contributed by atoms with Gasteiger partial charge in [0.05, 0.1) is 22.6 Å². The van der Waals surface area contributed by atoms with Gasteiger partial charge in [-0.1, -0.05) is 35.6 Å². The number of benzene rings is 2. The van der Waals surface area contributed by atoms with E-state index in [-0.39, 0.29) is 16.6 Å². The number of anilines is 1. The van der Waals surface area contributed by atoms with Crippen LogP contribution in [0.1, 0.15) is 5.56 Å². The number of carbonyl (C=O) groups is 1. The van der Waals surface area contributed by atoms with Crippen LogP contribution < -0.4 is 9.64 Å². The second kappa shape index (κ2) is 7.55. The molecule has 10 heteroatoms. The highest BCUT2D eigenvalue weighted by atomic mass is 35.5. The number of carbonyl (C=O) groups excluding carboxylic acids is 1. The molecule has 1 saturated heterocycles.